The molecule has 3 aromatic rings. The molecule has 0 amide bonds. The van der Waals surface area contributed by atoms with Gasteiger partial charge in [-0.05, 0) is 35.2 Å². The standard InChI is InChI=1S/C21H19BrN2O2S/c1-26-18-5-2-4-15(20(18)25)17-12-16(13-7-9-14(22)10-8-13)23-21(24-17)19-6-3-11-27-19/h2-11,17,21,24-25H,12H2,1H3/t17-,21-/m1/s1. The summed E-state index contributed by atoms with van der Waals surface area (Å²) in [5.41, 5.74) is 2.93. The number of phenolic OH excluding ortho intramolecular Hbond substituents is 1. The van der Waals surface area contributed by atoms with E-state index in [1.165, 1.54) is 0 Å². The number of para-hydroxylation sites is 1. The van der Waals surface area contributed by atoms with E-state index in [1.807, 2.05) is 30.3 Å². The van der Waals surface area contributed by atoms with Crippen molar-refractivity contribution in [3.63, 3.8) is 0 Å². The Kier molecular flexibility index (Phi) is 5.29. The maximum Gasteiger partial charge on any atom is 0.162 e. The molecule has 0 fully saturated rings. The quantitative estimate of drug-likeness (QED) is 0.564. The van der Waals surface area contributed by atoms with Gasteiger partial charge in [-0.3, -0.25) is 10.3 Å². The number of halogens is 1. The van der Waals surface area contributed by atoms with Crippen molar-refractivity contribution in [1.29, 1.82) is 0 Å². The number of benzene rings is 2. The second kappa shape index (κ2) is 7.84. The summed E-state index contributed by atoms with van der Waals surface area (Å²) in [6.45, 7) is 0. The molecule has 0 saturated carbocycles. The van der Waals surface area contributed by atoms with Crippen LogP contribution in [0.15, 0.2) is 69.4 Å². The van der Waals surface area contributed by atoms with Crippen molar-refractivity contribution in [3.05, 3.63) is 80.5 Å². The Bertz CT molecular complexity index is 955. The lowest BCUT2D eigenvalue weighted by atomic mass is 9.94. The Balaban J connectivity index is 1.74. The third kappa shape index (κ3) is 3.78. The van der Waals surface area contributed by atoms with Gasteiger partial charge in [0.1, 0.15) is 6.17 Å². The molecule has 0 unspecified atom stereocenters. The van der Waals surface area contributed by atoms with Crippen LogP contribution in [0.25, 0.3) is 0 Å². The van der Waals surface area contributed by atoms with E-state index in [1.54, 1.807) is 24.5 Å². The van der Waals surface area contributed by atoms with Crippen LogP contribution in [0, 0.1) is 0 Å². The Labute approximate surface area is 170 Å². The number of phenols is 1. The minimum atomic E-state index is -0.145. The van der Waals surface area contributed by atoms with Crippen molar-refractivity contribution < 1.29 is 9.84 Å². The number of methoxy groups -OCH3 is 1. The van der Waals surface area contributed by atoms with Crippen LogP contribution in [0.1, 0.15) is 34.6 Å². The highest BCUT2D eigenvalue weighted by Crippen LogP contribution is 2.39. The second-order valence-corrected chi connectivity index (χ2v) is 8.22. The molecule has 1 aliphatic rings. The normalized spacial score (nSPS) is 19.6. The maximum absolute atomic E-state index is 10.6. The average Bonchev–Trinajstić information content (AvgIpc) is 3.23. The second-order valence-electron chi connectivity index (χ2n) is 6.32. The van der Waals surface area contributed by atoms with Crippen LogP contribution in [-0.2, 0) is 0 Å². The third-order valence-corrected chi connectivity index (χ3v) is 6.11. The fourth-order valence-electron chi connectivity index (χ4n) is 3.30. The molecule has 0 saturated heterocycles. The number of aliphatic imine (C=N–C) groups is 1. The molecular weight excluding hydrogens is 424 g/mol. The Morgan fingerprint density at radius 1 is 1.15 bits per heavy atom. The van der Waals surface area contributed by atoms with E-state index in [0.29, 0.717) is 12.2 Å². The zero-order valence-electron chi connectivity index (χ0n) is 14.7. The maximum atomic E-state index is 10.6. The first-order valence-electron chi connectivity index (χ1n) is 8.63. The smallest absolute Gasteiger partial charge is 0.162 e. The molecular formula is C21H19BrN2O2S. The number of nitrogens with one attached hydrogen (secondary N) is 1. The Hall–Kier alpha value is -2.15. The molecule has 2 atom stereocenters. The summed E-state index contributed by atoms with van der Waals surface area (Å²) in [7, 11) is 1.57. The summed E-state index contributed by atoms with van der Waals surface area (Å²) in [4.78, 5) is 6.11. The van der Waals surface area contributed by atoms with Gasteiger partial charge in [-0.2, -0.15) is 0 Å². The summed E-state index contributed by atoms with van der Waals surface area (Å²) in [5, 5.41) is 16.3. The van der Waals surface area contributed by atoms with Crippen LogP contribution in [0.2, 0.25) is 0 Å². The van der Waals surface area contributed by atoms with E-state index >= 15 is 0 Å². The molecule has 27 heavy (non-hydrogen) atoms. The molecule has 0 bridgehead atoms. The fourth-order valence-corrected chi connectivity index (χ4v) is 4.29. The van der Waals surface area contributed by atoms with Gasteiger partial charge in [-0.15, -0.1) is 11.3 Å². The van der Waals surface area contributed by atoms with E-state index in [2.05, 4.69) is 44.8 Å². The Morgan fingerprint density at radius 2 is 1.96 bits per heavy atom. The van der Waals surface area contributed by atoms with E-state index in [4.69, 9.17) is 9.73 Å². The number of ether oxygens (including phenoxy) is 1. The predicted molar refractivity (Wildman–Crippen MR) is 113 cm³/mol. The number of aromatic hydroxyl groups is 1. The lowest BCUT2D eigenvalue weighted by Crippen LogP contribution is -2.32. The van der Waals surface area contributed by atoms with Gasteiger partial charge in [0, 0.05) is 33.1 Å². The predicted octanol–water partition coefficient (Wildman–Crippen LogP) is 5.45. The summed E-state index contributed by atoms with van der Waals surface area (Å²) in [5.74, 6) is 0.661. The van der Waals surface area contributed by atoms with Gasteiger partial charge in [0.15, 0.2) is 11.5 Å². The van der Waals surface area contributed by atoms with Gasteiger partial charge in [-0.1, -0.05) is 46.3 Å². The minimum absolute atomic E-state index is 0.0663. The first kappa shape index (κ1) is 18.2. The van der Waals surface area contributed by atoms with E-state index < -0.39 is 0 Å². The molecule has 4 rings (SSSR count). The topological polar surface area (TPSA) is 53.8 Å². The van der Waals surface area contributed by atoms with Crippen LogP contribution in [-0.4, -0.2) is 17.9 Å². The largest absolute Gasteiger partial charge is 0.504 e. The van der Waals surface area contributed by atoms with Gasteiger partial charge in [0.2, 0.25) is 0 Å². The van der Waals surface area contributed by atoms with Gasteiger partial charge in [0.25, 0.3) is 0 Å². The molecule has 2 N–H and O–H groups in total. The van der Waals surface area contributed by atoms with Gasteiger partial charge in [0.05, 0.1) is 7.11 Å². The number of nitrogens with zero attached hydrogens (tertiary/aromatic N) is 1. The summed E-state index contributed by atoms with van der Waals surface area (Å²) >= 11 is 5.16. The van der Waals surface area contributed by atoms with Crippen molar-refractivity contribution in [2.75, 3.05) is 7.11 Å². The highest BCUT2D eigenvalue weighted by Gasteiger charge is 2.28. The molecule has 0 aliphatic carbocycles. The Morgan fingerprint density at radius 3 is 2.67 bits per heavy atom. The van der Waals surface area contributed by atoms with Crippen molar-refractivity contribution in [3.8, 4) is 11.5 Å². The molecule has 2 aromatic carbocycles. The first-order valence-corrected chi connectivity index (χ1v) is 10.3. The van der Waals surface area contributed by atoms with Gasteiger partial charge >= 0.3 is 0 Å². The number of hydrogen-bond acceptors (Lipinski definition) is 5. The van der Waals surface area contributed by atoms with Gasteiger partial charge < -0.3 is 9.84 Å². The average molecular weight is 443 g/mol. The molecule has 6 heteroatoms. The monoisotopic (exact) mass is 442 g/mol. The molecule has 138 valence electrons. The fraction of sp³-hybridized carbons (Fsp3) is 0.190. The third-order valence-electron chi connectivity index (χ3n) is 4.66. The molecule has 0 radical (unpaired) electrons. The first-order chi connectivity index (χ1) is 13.2. The van der Waals surface area contributed by atoms with Crippen LogP contribution < -0.4 is 10.1 Å². The SMILES string of the molecule is COc1cccc([C@H]2CC(c3ccc(Br)cc3)=N[C@@H](c3cccs3)N2)c1O. The summed E-state index contributed by atoms with van der Waals surface area (Å²) in [6, 6.07) is 17.8. The lowest BCUT2D eigenvalue weighted by molar-refractivity contribution is 0.361. The molecule has 4 nitrogen and oxygen atoms in total. The molecule has 2 heterocycles. The molecule has 0 spiro atoms. The number of hydrogen-bond donors (Lipinski definition) is 2. The van der Waals surface area contributed by atoms with E-state index in [0.717, 1.165) is 26.2 Å². The highest BCUT2D eigenvalue weighted by molar-refractivity contribution is 9.10. The van der Waals surface area contributed by atoms with Crippen molar-refractivity contribution in [2.45, 2.75) is 18.6 Å². The molecule has 1 aliphatic heterocycles. The highest BCUT2D eigenvalue weighted by atomic mass is 79.9. The van der Waals surface area contributed by atoms with Crippen LogP contribution >= 0.6 is 27.3 Å². The zero-order valence-corrected chi connectivity index (χ0v) is 17.1. The lowest BCUT2D eigenvalue weighted by Gasteiger charge is -2.30. The number of rotatable bonds is 4. The van der Waals surface area contributed by atoms with Crippen molar-refractivity contribution in [1.82, 2.24) is 5.32 Å². The molecule has 1 aromatic heterocycles. The van der Waals surface area contributed by atoms with Crippen LogP contribution in [0.4, 0.5) is 0 Å². The van der Waals surface area contributed by atoms with E-state index in [9.17, 15) is 5.11 Å². The van der Waals surface area contributed by atoms with Gasteiger partial charge in [-0.25, -0.2) is 0 Å². The van der Waals surface area contributed by atoms with Crippen molar-refractivity contribution >= 4 is 33.0 Å². The number of thiophene rings is 1. The van der Waals surface area contributed by atoms with Crippen LogP contribution in [0.3, 0.4) is 0 Å². The van der Waals surface area contributed by atoms with E-state index in [-0.39, 0.29) is 18.0 Å². The van der Waals surface area contributed by atoms with Crippen LogP contribution in [0.5, 0.6) is 11.5 Å². The minimum Gasteiger partial charge on any atom is -0.504 e. The summed E-state index contributed by atoms with van der Waals surface area (Å²) < 4.78 is 6.33. The zero-order chi connectivity index (χ0) is 18.8. The van der Waals surface area contributed by atoms with Crippen molar-refractivity contribution in [2.24, 2.45) is 4.99 Å². The summed E-state index contributed by atoms with van der Waals surface area (Å²) in [6.07, 6.45) is 0.539.